The van der Waals surface area contributed by atoms with Crippen LogP contribution in [0.4, 0.5) is 0 Å². The summed E-state index contributed by atoms with van der Waals surface area (Å²) in [4.78, 5) is 28.1. The number of ether oxygens (including phenoxy) is 2. The Labute approximate surface area is 145 Å². The lowest BCUT2D eigenvalue weighted by molar-refractivity contribution is 0.0774. The number of nitrogens with zero attached hydrogens (tertiary/aromatic N) is 3. The number of carbonyl (C=O) groups excluding carboxylic acids is 1. The van der Waals surface area contributed by atoms with Gasteiger partial charge in [-0.1, -0.05) is 6.07 Å². The highest BCUT2D eigenvalue weighted by atomic mass is 16.5. The number of H-pyrrole nitrogens is 1. The summed E-state index contributed by atoms with van der Waals surface area (Å²) < 4.78 is 11.7. The van der Waals surface area contributed by atoms with Gasteiger partial charge in [0.25, 0.3) is 5.91 Å². The Morgan fingerprint density at radius 1 is 1.32 bits per heavy atom. The highest BCUT2D eigenvalue weighted by Gasteiger charge is 2.29. The molecule has 1 saturated heterocycles. The van der Waals surface area contributed by atoms with E-state index in [1.807, 2.05) is 18.2 Å². The molecule has 1 aromatic heterocycles. The van der Waals surface area contributed by atoms with Crippen LogP contribution in [0.25, 0.3) is 0 Å². The molecular weight excluding hydrogens is 324 g/mol. The molecule has 1 aromatic carbocycles. The molecule has 25 heavy (non-hydrogen) atoms. The zero-order valence-corrected chi connectivity index (χ0v) is 14.6. The average molecular weight is 346 g/mol. The molecule has 3 rings (SSSR count). The summed E-state index contributed by atoms with van der Waals surface area (Å²) >= 11 is 0. The lowest BCUT2D eigenvalue weighted by Crippen LogP contribution is -2.30. The first-order valence-corrected chi connectivity index (χ1v) is 8.15. The Bertz CT molecular complexity index is 826. The lowest BCUT2D eigenvalue weighted by atomic mass is 9.98. The minimum absolute atomic E-state index is 0.0965. The zero-order chi connectivity index (χ0) is 18.0. The number of nitrogens with one attached hydrogen (secondary N) is 1. The molecule has 1 aliphatic rings. The molecule has 0 aliphatic carbocycles. The van der Waals surface area contributed by atoms with Gasteiger partial charge in [-0.3, -0.25) is 9.78 Å². The maximum atomic E-state index is 12.4. The summed E-state index contributed by atoms with van der Waals surface area (Å²) in [6, 6.07) is 5.88. The highest BCUT2D eigenvalue weighted by molar-refractivity contribution is 5.90. The number of aryl methyl sites for hydroxylation is 1. The average Bonchev–Trinajstić information content (AvgIpc) is 3.21. The second-order valence-corrected chi connectivity index (χ2v) is 6.20. The highest BCUT2D eigenvalue weighted by Crippen LogP contribution is 2.30. The van der Waals surface area contributed by atoms with E-state index in [1.54, 1.807) is 19.1 Å². The molecule has 2 aromatic rings. The number of benzene rings is 1. The van der Waals surface area contributed by atoms with E-state index < -0.39 is 0 Å². The fourth-order valence-electron chi connectivity index (χ4n) is 3.17. The van der Waals surface area contributed by atoms with E-state index in [-0.39, 0.29) is 17.4 Å². The first-order chi connectivity index (χ1) is 12.0. The number of methoxy groups -OCH3 is 2. The number of likely N-dealkylation sites (tertiary alicyclic amines) is 1. The van der Waals surface area contributed by atoms with Gasteiger partial charge in [-0.2, -0.15) is 0 Å². The van der Waals surface area contributed by atoms with Crippen LogP contribution in [0.15, 0.2) is 23.0 Å². The lowest BCUT2D eigenvalue weighted by Gasteiger charge is -2.15. The maximum Gasteiger partial charge on any atom is 0.343 e. The third-order valence-corrected chi connectivity index (χ3v) is 4.52. The number of hydrogen-bond acceptors (Lipinski definition) is 5. The van der Waals surface area contributed by atoms with Crippen molar-refractivity contribution >= 4 is 5.91 Å². The van der Waals surface area contributed by atoms with Crippen molar-refractivity contribution < 1.29 is 14.3 Å². The van der Waals surface area contributed by atoms with E-state index in [1.165, 1.54) is 7.05 Å². The Balaban J connectivity index is 1.65. The zero-order valence-electron chi connectivity index (χ0n) is 14.6. The molecule has 8 nitrogen and oxygen atoms in total. The Hall–Kier alpha value is -2.77. The smallest absolute Gasteiger partial charge is 0.343 e. The normalized spacial score (nSPS) is 16.9. The van der Waals surface area contributed by atoms with Crippen LogP contribution in [0.2, 0.25) is 0 Å². The number of amides is 1. The van der Waals surface area contributed by atoms with Crippen LogP contribution >= 0.6 is 0 Å². The first-order valence-electron chi connectivity index (χ1n) is 8.15. The van der Waals surface area contributed by atoms with Gasteiger partial charge in [-0.25, -0.2) is 9.48 Å². The SMILES string of the molecule is COc1ccc(CC2CCN(C(=O)c3nn(C)c(=O)[nH]3)C2)cc1OC. The number of aromatic nitrogens is 3. The molecular formula is C17H22N4O4. The fourth-order valence-corrected chi connectivity index (χ4v) is 3.17. The van der Waals surface area contributed by atoms with Gasteiger partial charge in [0.15, 0.2) is 11.5 Å². The summed E-state index contributed by atoms with van der Waals surface area (Å²) in [6.45, 7) is 1.31. The number of aromatic amines is 1. The second-order valence-electron chi connectivity index (χ2n) is 6.20. The molecule has 134 valence electrons. The van der Waals surface area contributed by atoms with Gasteiger partial charge in [0.1, 0.15) is 0 Å². The third kappa shape index (κ3) is 3.52. The first kappa shape index (κ1) is 17.1. The predicted octanol–water partition coefficient (Wildman–Crippen LogP) is 0.830. The Morgan fingerprint density at radius 3 is 2.72 bits per heavy atom. The summed E-state index contributed by atoms with van der Waals surface area (Å²) in [5, 5.41) is 3.93. The van der Waals surface area contributed by atoms with Crippen molar-refractivity contribution in [1.82, 2.24) is 19.7 Å². The molecule has 1 unspecified atom stereocenters. The van der Waals surface area contributed by atoms with Crippen molar-refractivity contribution in [2.75, 3.05) is 27.3 Å². The molecule has 1 N–H and O–H groups in total. The monoisotopic (exact) mass is 346 g/mol. The number of hydrogen-bond donors (Lipinski definition) is 1. The minimum atomic E-state index is -0.385. The van der Waals surface area contributed by atoms with E-state index in [0.717, 1.165) is 23.1 Å². The van der Waals surface area contributed by atoms with Crippen molar-refractivity contribution in [1.29, 1.82) is 0 Å². The van der Waals surface area contributed by atoms with Crippen molar-refractivity contribution in [3.63, 3.8) is 0 Å². The summed E-state index contributed by atoms with van der Waals surface area (Å²) in [5.41, 5.74) is 0.757. The predicted molar refractivity (Wildman–Crippen MR) is 91.1 cm³/mol. The van der Waals surface area contributed by atoms with Crippen LogP contribution in [0.1, 0.15) is 22.6 Å². The topological polar surface area (TPSA) is 89.5 Å². The quantitative estimate of drug-likeness (QED) is 0.866. The van der Waals surface area contributed by atoms with Crippen LogP contribution in [0.5, 0.6) is 11.5 Å². The molecule has 0 radical (unpaired) electrons. The van der Waals surface area contributed by atoms with Crippen LogP contribution in [-0.2, 0) is 13.5 Å². The van der Waals surface area contributed by atoms with E-state index in [4.69, 9.17) is 9.47 Å². The van der Waals surface area contributed by atoms with Gasteiger partial charge in [-0.05, 0) is 36.5 Å². The molecule has 0 saturated carbocycles. The van der Waals surface area contributed by atoms with Gasteiger partial charge in [0, 0.05) is 20.1 Å². The van der Waals surface area contributed by atoms with Crippen molar-refractivity contribution in [3.8, 4) is 11.5 Å². The van der Waals surface area contributed by atoms with E-state index in [2.05, 4.69) is 10.1 Å². The van der Waals surface area contributed by atoms with Crippen molar-refractivity contribution in [3.05, 3.63) is 40.1 Å². The van der Waals surface area contributed by atoms with Gasteiger partial charge in [-0.15, -0.1) is 5.10 Å². The van der Waals surface area contributed by atoms with E-state index in [9.17, 15) is 9.59 Å². The molecule has 2 heterocycles. The standard InChI is InChI=1S/C17H22N4O4/c1-20-17(23)18-15(19-20)16(22)21-7-6-12(10-21)8-11-4-5-13(24-2)14(9-11)25-3/h4-5,9,12H,6-8,10H2,1-3H3,(H,18,19,23). The van der Waals surface area contributed by atoms with Crippen molar-refractivity contribution in [2.24, 2.45) is 13.0 Å². The van der Waals surface area contributed by atoms with Gasteiger partial charge < -0.3 is 14.4 Å². The molecule has 1 atom stereocenters. The van der Waals surface area contributed by atoms with Gasteiger partial charge in [0.05, 0.1) is 14.2 Å². The Kier molecular flexibility index (Phi) is 4.78. The van der Waals surface area contributed by atoms with Crippen LogP contribution in [0.3, 0.4) is 0 Å². The van der Waals surface area contributed by atoms with Crippen LogP contribution in [0, 0.1) is 5.92 Å². The number of rotatable bonds is 5. The third-order valence-electron chi connectivity index (χ3n) is 4.52. The van der Waals surface area contributed by atoms with Gasteiger partial charge in [0.2, 0.25) is 5.82 Å². The molecule has 1 fully saturated rings. The maximum absolute atomic E-state index is 12.4. The number of carbonyl (C=O) groups is 1. The molecule has 1 amide bonds. The Morgan fingerprint density at radius 2 is 2.08 bits per heavy atom. The molecule has 0 bridgehead atoms. The summed E-state index contributed by atoms with van der Waals surface area (Å²) in [7, 11) is 4.74. The van der Waals surface area contributed by atoms with E-state index in [0.29, 0.717) is 30.5 Å². The van der Waals surface area contributed by atoms with Crippen LogP contribution < -0.4 is 15.2 Å². The largest absolute Gasteiger partial charge is 0.493 e. The van der Waals surface area contributed by atoms with Crippen LogP contribution in [-0.4, -0.2) is 52.9 Å². The van der Waals surface area contributed by atoms with Crippen molar-refractivity contribution in [2.45, 2.75) is 12.8 Å². The molecule has 8 heteroatoms. The second kappa shape index (κ2) is 7.00. The molecule has 0 spiro atoms. The summed E-state index contributed by atoms with van der Waals surface area (Å²) in [6.07, 6.45) is 1.76. The molecule has 1 aliphatic heterocycles. The van der Waals surface area contributed by atoms with E-state index >= 15 is 0 Å². The minimum Gasteiger partial charge on any atom is -0.493 e. The summed E-state index contributed by atoms with van der Waals surface area (Å²) in [5.74, 6) is 1.63. The van der Waals surface area contributed by atoms with Gasteiger partial charge >= 0.3 is 5.69 Å². The fraction of sp³-hybridized carbons (Fsp3) is 0.471.